The molecule has 6 heteroatoms. The zero-order chi connectivity index (χ0) is 22.5. The van der Waals surface area contributed by atoms with Crippen LogP contribution in [0, 0.1) is 0 Å². The predicted molar refractivity (Wildman–Crippen MR) is 120 cm³/mol. The van der Waals surface area contributed by atoms with Gasteiger partial charge in [0, 0.05) is 45.8 Å². The number of benzene rings is 2. The highest BCUT2D eigenvalue weighted by atomic mass is 16.1. The number of hydrogen-bond acceptors (Lipinski definition) is 6. The average molecular weight is 420 g/mol. The highest BCUT2D eigenvalue weighted by Crippen LogP contribution is 2.26. The molecule has 32 heavy (non-hydrogen) atoms. The van der Waals surface area contributed by atoms with Gasteiger partial charge in [0.1, 0.15) is 25.1 Å². The van der Waals surface area contributed by atoms with Crippen LogP contribution < -0.4 is 0 Å². The van der Waals surface area contributed by atoms with E-state index >= 15 is 0 Å². The lowest BCUT2D eigenvalue weighted by molar-refractivity contribution is 0.111. The van der Waals surface area contributed by atoms with Crippen LogP contribution in [-0.2, 0) is 0 Å². The first-order valence-corrected chi connectivity index (χ1v) is 9.67. The Morgan fingerprint density at radius 1 is 0.438 bits per heavy atom. The third-order valence-electron chi connectivity index (χ3n) is 4.96. The zero-order valence-electron chi connectivity index (χ0n) is 16.8. The third kappa shape index (κ3) is 4.29. The molecule has 4 aromatic rings. The summed E-state index contributed by atoms with van der Waals surface area (Å²) >= 11 is 0. The highest BCUT2D eigenvalue weighted by molar-refractivity contribution is 5.87. The molecule has 0 saturated heterocycles. The van der Waals surface area contributed by atoms with Gasteiger partial charge in [0.25, 0.3) is 0 Å². The van der Waals surface area contributed by atoms with Crippen LogP contribution in [0.15, 0.2) is 73.1 Å². The van der Waals surface area contributed by atoms with Crippen molar-refractivity contribution in [2.45, 2.75) is 0 Å². The van der Waals surface area contributed by atoms with E-state index in [2.05, 4.69) is 9.97 Å². The molecule has 4 rings (SSSR count). The van der Waals surface area contributed by atoms with E-state index in [-0.39, 0.29) is 0 Å². The normalized spacial score (nSPS) is 10.4. The smallest absolute Gasteiger partial charge is 0.150 e. The van der Waals surface area contributed by atoms with Crippen molar-refractivity contribution in [1.82, 2.24) is 9.97 Å². The molecule has 2 aromatic heterocycles. The van der Waals surface area contributed by atoms with Crippen LogP contribution in [0.5, 0.6) is 0 Å². The second-order valence-electron chi connectivity index (χ2n) is 7.11. The molecule has 0 N–H and O–H groups in total. The summed E-state index contributed by atoms with van der Waals surface area (Å²) in [6, 6.07) is 17.2. The molecular formula is C26H16N2O4. The molecule has 0 saturated carbocycles. The molecule has 0 aliphatic rings. The molecule has 0 amide bonds. The van der Waals surface area contributed by atoms with Gasteiger partial charge < -0.3 is 0 Å². The molecule has 0 radical (unpaired) electrons. The van der Waals surface area contributed by atoms with Crippen molar-refractivity contribution in [3.05, 3.63) is 95.3 Å². The number of nitrogens with zero attached hydrogens (tertiary/aromatic N) is 2. The summed E-state index contributed by atoms with van der Waals surface area (Å²) in [4.78, 5) is 53.4. The molecular weight excluding hydrogens is 404 g/mol. The Balaban J connectivity index is 1.62. The molecule has 0 aliphatic heterocycles. The van der Waals surface area contributed by atoms with Crippen LogP contribution in [0.25, 0.3) is 33.6 Å². The fraction of sp³-hybridized carbons (Fsp3) is 0. The van der Waals surface area contributed by atoms with E-state index in [4.69, 9.17) is 0 Å². The summed E-state index contributed by atoms with van der Waals surface area (Å²) in [5.41, 5.74) is 5.96. The fourth-order valence-electron chi connectivity index (χ4n) is 3.39. The molecule has 0 fully saturated rings. The lowest BCUT2D eigenvalue weighted by Crippen LogP contribution is -1.92. The van der Waals surface area contributed by atoms with Gasteiger partial charge in [0.05, 0.1) is 11.4 Å². The summed E-state index contributed by atoms with van der Waals surface area (Å²) in [5, 5.41) is 0. The third-order valence-corrected chi connectivity index (χ3v) is 4.96. The monoisotopic (exact) mass is 420 g/mol. The first-order chi connectivity index (χ1) is 15.6. The van der Waals surface area contributed by atoms with Gasteiger partial charge in [-0.25, -0.2) is 0 Å². The first-order valence-electron chi connectivity index (χ1n) is 9.67. The molecule has 2 heterocycles. The van der Waals surface area contributed by atoms with E-state index in [1.165, 1.54) is 12.1 Å². The molecule has 154 valence electrons. The molecule has 2 aromatic carbocycles. The molecule has 0 atom stereocenters. The summed E-state index contributed by atoms with van der Waals surface area (Å²) in [7, 11) is 0. The van der Waals surface area contributed by atoms with Gasteiger partial charge in [0.15, 0.2) is 0 Å². The second-order valence-corrected chi connectivity index (χ2v) is 7.11. The molecule has 0 bridgehead atoms. The van der Waals surface area contributed by atoms with Crippen molar-refractivity contribution < 1.29 is 19.2 Å². The first kappa shape index (κ1) is 20.7. The van der Waals surface area contributed by atoms with Crippen molar-refractivity contribution in [1.29, 1.82) is 0 Å². The maximum absolute atomic E-state index is 11.1. The Morgan fingerprint density at radius 2 is 0.781 bits per heavy atom. The van der Waals surface area contributed by atoms with Gasteiger partial charge in [-0.3, -0.25) is 29.1 Å². The summed E-state index contributed by atoms with van der Waals surface area (Å²) in [6.07, 6.45) is 6.12. The number of hydrogen-bond donors (Lipinski definition) is 0. The van der Waals surface area contributed by atoms with Crippen LogP contribution in [0.2, 0.25) is 0 Å². The van der Waals surface area contributed by atoms with Gasteiger partial charge in [-0.1, -0.05) is 12.1 Å². The Labute approximate surface area is 183 Å². The van der Waals surface area contributed by atoms with Crippen molar-refractivity contribution in [3.8, 4) is 33.6 Å². The van der Waals surface area contributed by atoms with E-state index in [0.29, 0.717) is 58.8 Å². The lowest BCUT2D eigenvalue weighted by atomic mass is 10.0. The summed E-state index contributed by atoms with van der Waals surface area (Å²) in [5.74, 6) is 0. The minimum absolute atomic E-state index is 0.419. The van der Waals surface area contributed by atoms with Gasteiger partial charge >= 0.3 is 0 Å². The summed E-state index contributed by atoms with van der Waals surface area (Å²) in [6.45, 7) is 0. The number of aromatic nitrogens is 2. The molecule has 0 unspecified atom stereocenters. The van der Waals surface area contributed by atoms with Gasteiger partial charge in [-0.2, -0.15) is 0 Å². The number of carbonyl (C=O) groups is 4. The average Bonchev–Trinajstić information content (AvgIpc) is 2.88. The van der Waals surface area contributed by atoms with E-state index in [9.17, 15) is 19.2 Å². The maximum Gasteiger partial charge on any atom is 0.150 e. The minimum atomic E-state index is 0.419. The van der Waals surface area contributed by atoms with Crippen molar-refractivity contribution >= 4 is 25.1 Å². The van der Waals surface area contributed by atoms with Gasteiger partial charge in [0.2, 0.25) is 0 Å². The predicted octanol–water partition coefficient (Wildman–Crippen LogP) is 4.73. The Hall–Kier alpha value is -4.58. The molecule has 0 aliphatic carbocycles. The Kier molecular flexibility index (Phi) is 5.85. The SMILES string of the molecule is O=Cc1cc(C=O)cc(-c2ccc(-c3ccc(-c4cc(C=O)cc(C=O)c4)cn3)nc2)c1. The fourth-order valence-corrected chi connectivity index (χ4v) is 3.39. The van der Waals surface area contributed by atoms with Crippen LogP contribution in [0.4, 0.5) is 0 Å². The standard InChI is InChI=1S/C26H16N2O4/c29-13-17-5-18(14-30)8-23(7-17)21-1-3-25(27-11-21)26-4-2-22(12-28-26)24-9-19(15-31)6-20(10-24)16-32/h1-16H. The lowest BCUT2D eigenvalue weighted by Gasteiger charge is -2.07. The number of aldehydes is 4. The largest absolute Gasteiger partial charge is 0.298 e. The topological polar surface area (TPSA) is 94.1 Å². The van der Waals surface area contributed by atoms with Crippen LogP contribution in [0.3, 0.4) is 0 Å². The van der Waals surface area contributed by atoms with Gasteiger partial charge in [-0.05, 0) is 59.7 Å². The van der Waals surface area contributed by atoms with E-state index in [0.717, 1.165) is 22.3 Å². The van der Waals surface area contributed by atoms with Crippen LogP contribution >= 0.6 is 0 Å². The summed E-state index contributed by atoms with van der Waals surface area (Å²) < 4.78 is 0. The number of carbonyl (C=O) groups excluding carboxylic acids is 4. The zero-order valence-corrected chi connectivity index (χ0v) is 16.8. The van der Waals surface area contributed by atoms with Gasteiger partial charge in [-0.15, -0.1) is 0 Å². The Bertz CT molecular complexity index is 1170. The van der Waals surface area contributed by atoms with Crippen LogP contribution in [-0.4, -0.2) is 35.1 Å². The number of rotatable bonds is 7. The Morgan fingerprint density at radius 3 is 1.03 bits per heavy atom. The molecule has 0 spiro atoms. The van der Waals surface area contributed by atoms with Crippen molar-refractivity contribution in [2.75, 3.05) is 0 Å². The molecule has 6 nitrogen and oxygen atoms in total. The van der Waals surface area contributed by atoms with Crippen molar-refractivity contribution in [3.63, 3.8) is 0 Å². The minimum Gasteiger partial charge on any atom is -0.298 e. The number of pyridine rings is 2. The van der Waals surface area contributed by atoms with E-state index < -0.39 is 0 Å². The second kappa shape index (κ2) is 9.06. The van der Waals surface area contributed by atoms with Crippen LogP contribution in [0.1, 0.15) is 41.4 Å². The highest BCUT2D eigenvalue weighted by Gasteiger charge is 2.08. The van der Waals surface area contributed by atoms with E-state index in [1.54, 1.807) is 36.7 Å². The van der Waals surface area contributed by atoms with Crippen molar-refractivity contribution in [2.24, 2.45) is 0 Å². The van der Waals surface area contributed by atoms with E-state index in [1.807, 2.05) is 24.3 Å². The quantitative estimate of drug-likeness (QED) is 0.401. The maximum atomic E-state index is 11.1.